The number of hydrogen-bond acceptors (Lipinski definition) is 3. The van der Waals surface area contributed by atoms with Gasteiger partial charge in [-0.05, 0) is 65.2 Å². The van der Waals surface area contributed by atoms with E-state index in [2.05, 4.69) is 29.8 Å². The average Bonchev–Trinajstić information content (AvgIpc) is 3.23. The van der Waals surface area contributed by atoms with Crippen LogP contribution in [-0.4, -0.2) is 28.6 Å². The average molecular weight is 318 g/mol. The summed E-state index contributed by atoms with van der Waals surface area (Å²) in [6.45, 7) is 9.45. The Morgan fingerprint density at radius 3 is 2.52 bits per heavy atom. The summed E-state index contributed by atoms with van der Waals surface area (Å²) >= 11 is 0. The second kappa shape index (κ2) is 7.02. The maximum Gasteiger partial charge on any atom is 0.331 e. The summed E-state index contributed by atoms with van der Waals surface area (Å²) in [6.07, 6.45) is 4.80. The molecule has 0 radical (unpaired) electrons. The molecule has 5 nitrogen and oxygen atoms in total. The highest BCUT2D eigenvalue weighted by molar-refractivity contribution is 5.90. The first-order valence-corrected chi connectivity index (χ1v) is 8.17. The lowest BCUT2D eigenvalue weighted by Crippen LogP contribution is -2.39. The van der Waals surface area contributed by atoms with Gasteiger partial charge >= 0.3 is 5.97 Å². The Hall–Kier alpha value is -2.04. The molecule has 1 aliphatic carbocycles. The number of nitrogens with one attached hydrogen (secondary N) is 1. The quantitative estimate of drug-likeness (QED) is 0.648. The van der Waals surface area contributed by atoms with E-state index in [1.165, 1.54) is 30.3 Å². The number of aryl methyl sites for hydroxylation is 1. The second-order valence-corrected chi connectivity index (χ2v) is 6.50. The van der Waals surface area contributed by atoms with Gasteiger partial charge in [0.25, 0.3) is 5.91 Å². The van der Waals surface area contributed by atoms with E-state index in [1.54, 1.807) is 13.0 Å². The van der Waals surface area contributed by atoms with E-state index < -0.39 is 12.1 Å². The van der Waals surface area contributed by atoms with E-state index >= 15 is 0 Å². The van der Waals surface area contributed by atoms with E-state index in [1.807, 2.05) is 13.8 Å². The van der Waals surface area contributed by atoms with Gasteiger partial charge in [0.1, 0.15) is 0 Å². The van der Waals surface area contributed by atoms with Gasteiger partial charge in [0.05, 0.1) is 0 Å². The molecule has 1 fully saturated rings. The predicted octanol–water partition coefficient (Wildman–Crippen LogP) is 2.91. The smallest absolute Gasteiger partial charge is 0.331 e. The minimum absolute atomic E-state index is 0.0204. The van der Waals surface area contributed by atoms with E-state index in [-0.39, 0.29) is 11.9 Å². The Kier molecular flexibility index (Phi) is 5.29. The Bertz CT molecular complexity index is 624. The molecule has 2 rings (SSSR count). The Morgan fingerprint density at radius 1 is 1.30 bits per heavy atom. The van der Waals surface area contributed by atoms with Gasteiger partial charge in [0.15, 0.2) is 6.10 Å². The molecule has 5 heteroatoms. The van der Waals surface area contributed by atoms with E-state index in [4.69, 9.17) is 4.74 Å². The summed E-state index contributed by atoms with van der Waals surface area (Å²) in [5, 5.41) is 2.72. The van der Waals surface area contributed by atoms with Crippen LogP contribution in [0.2, 0.25) is 0 Å². The van der Waals surface area contributed by atoms with Crippen molar-refractivity contribution in [3.63, 3.8) is 0 Å². The number of esters is 1. The van der Waals surface area contributed by atoms with Gasteiger partial charge in [-0.1, -0.05) is 0 Å². The molecule has 0 unspecified atom stereocenters. The fourth-order valence-electron chi connectivity index (χ4n) is 2.69. The number of ether oxygens (including phenoxy) is 1. The van der Waals surface area contributed by atoms with Crippen LogP contribution in [0.15, 0.2) is 12.1 Å². The third-order valence-corrected chi connectivity index (χ3v) is 3.93. The third kappa shape index (κ3) is 4.47. The highest BCUT2D eigenvalue weighted by Gasteiger charge is 2.26. The lowest BCUT2D eigenvalue weighted by molar-refractivity contribution is -0.150. The topological polar surface area (TPSA) is 60.3 Å². The molecular formula is C18H26N2O3. The maximum atomic E-state index is 11.9. The minimum atomic E-state index is -0.798. The summed E-state index contributed by atoms with van der Waals surface area (Å²) < 4.78 is 7.45. The van der Waals surface area contributed by atoms with Crippen molar-refractivity contribution in [3.05, 3.63) is 29.1 Å². The van der Waals surface area contributed by atoms with Crippen LogP contribution < -0.4 is 5.32 Å². The molecule has 1 heterocycles. The number of hydrogen-bond donors (Lipinski definition) is 1. The molecule has 0 bridgehead atoms. The Labute approximate surface area is 137 Å². The molecule has 1 aromatic rings. The van der Waals surface area contributed by atoms with Crippen molar-refractivity contribution in [2.75, 3.05) is 0 Å². The Balaban J connectivity index is 1.96. The minimum Gasteiger partial charge on any atom is -0.449 e. The number of amides is 1. The van der Waals surface area contributed by atoms with Crippen LogP contribution in [0.1, 0.15) is 56.6 Å². The standard InChI is InChI=1S/C18H26N2O3/c1-11(2)19-18(22)14(5)23-17(21)9-6-15-10-12(3)20(13(15)4)16-7-8-16/h6,9-11,14,16H,7-8H2,1-5H3,(H,19,22)/b9-6+/t14-/m1/s1. The van der Waals surface area contributed by atoms with E-state index in [0.29, 0.717) is 6.04 Å². The largest absolute Gasteiger partial charge is 0.449 e. The van der Waals surface area contributed by atoms with Crippen molar-refractivity contribution in [1.82, 2.24) is 9.88 Å². The van der Waals surface area contributed by atoms with Crippen LogP contribution in [0.5, 0.6) is 0 Å². The molecule has 1 atom stereocenters. The lowest BCUT2D eigenvalue weighted by atomic mass is 10.2. The fourth-order valence-corrected chi connectivity index (χ4v) is 2.69. The normalized spacial score (nSPS) is 15.9. The predicted molar refractivity (Wildman–Crippen MR) is 90.0 cm³/mol. The molecular weight excluding hydrogens is 292 g/mol. The number of carbonyl (C=O) groups is 2. The number of aromatic nitrogens is 1. The van der Waals surface area contributed by atoms with Crippen molar-refractivity contribution in [3.8, 4) is 0 Å². The van der Waals surface area contributed by atoms with E-state index in [0.717, 1.165) is 5.56 Å². The summed E-state index contributed by atoms with van der Waals surface area (Å²) in [5.74, 6) is -0.790. The van der Waals surface area contributed by atoms with Crippen LogP contribution in [0, 0.1) is 13.8 Å². The Morgan fingerprint density at radius 2 is 1.96 bits per heavy atom. The molecule has 0 saturated heterocycles. The first-order chi connectivity index (χ1) is 10.8. The van der Waals surface area contributed by atoms with Crippen molar-refractivity contribution >= 4 is 18.0 Å². The second-order valence-electron chi connectivity index (χ2n) is 6.50. The summed E-state index contributed by atoms with van der Waals surface area (Å²) in [7, 11) is 0. The number of carbonyl (C=O) groups excluding carboxylic acids is 2. The summed E-state index contributed by atoms with van der Waals surface area (Å²) in [5.41, 5.74) is 3.40. The number of nitrogens with zero attached hydrogens (tertiary/aromatic N) is 1. The van der Waals surface area contributed by atoms with Gasteiger partial charge in [-0.3, -0.25) is 4.79 Å². The van der Waals surface area contributed by atoms with Crippen molar-refractivity contribution in [1.29, 1.82) is 0 Å². The highest BCUT2D eigenvalue weighted by atomic mass is 16.5. The molecule has 0 aliphatic heterocycles. The number of rotatable bonds is 6. The van der Waals surface area contributed by atoms with Gasteiger partial charge in [0.2, 0.25) is 0 Å². The van der Waals surface area contributed by atoms with Gasteiger partial charge in [0, 0.05) is 29.5 Å². The monoisotopic (exact) mass is 318 g/mol. The van der Waals surface area contributed by atoms with Gasteiger partial charge in [-0.2, -0.15) is 0 Å². The zero-order valence-corrected chi connectivity index (χ0v) is 14.6. The third-order valence-electron chi connectivity index (χ3n) is 3.93. The SMILES string of the molecule is Cc1cc(/C=C/C(=O)O[C@H](C)C(=O)NC(C)C)c(C)n1C1CC1. The first kappa shape index (κ1) is 17.3. The van der Waals surface area contributed by atoms with Crippen LogP contribution in [-0.2, 0) is 14.3 Å². The van der Waals surface area contributed by atoms with Gasteiger partial charge in [-0.25, -0.2) is 4.79 Å². The summed E-state index contributed by atoms with van der Waals surface area (Å²) in [6, 6.07) is 2.71. The van der Waals surface area contributed by atoms with Gasteiger partial charge in [-0.15, -0.1) is 0 Å². The summed E-state index contributed by atoms with van der Waals surface area (Å²) in [4.78, 5) is 23.6. The zero-order chi connectivity index (χ0) is 17.1. The molecule has 0 spiro atoms. The first-order valence-electron chi connectivity index (χ1n) is 8.17. The molecule has 1 N–H and O–H groups in total. The van der Waals surface area contributed by atoms with Crippen molar-refractivity contribution in [2.45, 2.75) is 65.6 Å². The van der Waals surface area contributed by atoms with Crippen LogP contribution >= 0.6 is 0 Å². The molecule has 1 aliphatic rings. The fraction of sp³-hybridized carbons (Fsp3) is 0.556. The molecule has 23 heavy (non-hydrogen) atoms. The van der Waals surface area contributed by atoms with Crippen LogP contribution in [0.25, 0.3) is 6.08 Å². The lowest BCUT2D eigenvalue weighted by Gasteiger charge is -2.14. The molecule has 1 saturated carbocycles. The van der Waals surface area contributed by atoms with Crippen molar-refractivity contribution in [2.24, 2.45) is 0 Å². The molecule has 0 aromatic carbocycles. The maximum absolute atomic E-state index is 11.9. The molecule has 1 aromatic heterocycles. The zero-order valence-electron chi connectivity index (χ0n) is 14.6. The molecule has 1 amide bonds. The van der Waals surface area contributed by atoms with Crippen LogP contribution in [0.4, 0.5) is 0 Å². The van der Waals surface area contributed by atoms with Crippen LogP contribution in [0.3, 0.4) is 0 Å². The highest BCUT2D eigenvalue weighted by Crippen LogP contribution is 2.38. The molecule has 126 valence electrons. The van der Waals surface area contributed by atoms with E-state index in [9.17, 15) is 9.59 Å². The van der Waals surface area contributed by atoms with Crippen molar-refractivity contribution < 1.29 is 14.3 Å². The van der Waals surface area contributed by atoms with Gasteiger partial charge < -0.3 is 14.6 Å².